The first-order chi connectivity index (χ1) is 11.4. The lowest BCUT2D eigenvalue weighted by Gasteiger charge is -2.44. The van der Waals surface area contributed by atoms with E-state index in [4.69, 9.17) is 23.2 Å². The summed E-state index contributed by atoms with van der Waals surface area (Å²) in [7, 11) is 0. The Morgan fingerprint density at radius 2 is 1.96 bits per heavy atom. The van der Waals surface area contributed by atoms with Gasteiger partial charge in [0.15, 0.2) is 0 Å². The molecule has 2 heterocycles. The van der Waals surface area contributed by atoms with Crippen molar-refractivity contribution in [2.75, 3.05) is 18.2 Å². The fourth-order valence-electron chi connectivity index (χ4n) is 3.13. The largest absolute Gasteiger partial charge is 0.332 e. The summed E-state index contributed by atoms with van der Waals surface area (Å²) in [6, 6.07) is 5.19. The van der Waals surface area contributed by atoms with Gasteiger partial charge >= 0.3 is 0 Å². The summed E-state index contributed by atoms with van der Waals surface area (Å²) in [5.41, 5.74) is -0.293. The van der Waals surface area contributed by atoms with Crippen molar-refractivity contribution < 1.29 is 9.59 Å². The predicted molar refractivity (Wildman–Crippen MR) is 94.1 cm³/mol. The first-order valence-electron chi connectivity index (χ1n) is 7.80. The van der Waals surface area contributed by atoms with Gasteiger partial charge in [0, 0.05) is 5.02 Å². The molecule has 1 aromatic carbocycles. The number of benzene rings is 1. The maximum absolute atomic E-state index is 13.0. The zero-order chi connectivity index (χ0) is 17.5. The van der Waals surface area contributed by atoms with Crippen LogP contribution in [0, 0.1) is 5.41 Å². The molecule has 128 valence electrons. The van der Waals surface area contributed by atoms with E-state index >= 15 is 0 Å². The molecule has 24 heavy (non-hydrogen) atoms. The standard InChI is InChI=1S/C16H18Cl2N4O2/c1-3-16(4-2)13(23)20-15-19-8-21(9-22(15)14(16)24)12-6-5-10(17)7-11(12)18/h5-7H,3-4,8-9H2,1-2H3,(H,19,20,23). The zero-order valence-electron chi connectivity index (χ0n) is 13.5. The van der Waals surface area contributed by atoms with Crippen molar-refractivity contribution >= 4 is 46.7 Å². The monoisotopic (exact) mass is 368 g/mol. The van der Waals surface area contributed by atoms with E-state index in [-0.39, 0.29) is 18.5 Å². The molecule has 0 aliphatic carbocycles. The first-order valence-corrected chi connectivity index (χ1v) is 8.56. The van der Waals surface area contributed by atoms with Crippen molar-refractivity contribution in [3.8, 4) is 0 Å². The molecule has 6 nitrogen and oxygen atoms in total. The highest BCUT2D eigenvalue weighted by Gasteiger charge is 2.51. The van der Waals surface area contributed by atoms with Gasteiger partial charge in [-0.25, -0.2) is 4.99 Å². The zero-order valence-corrected chi connectivity index (χ0v) is 15.0. The van der Waals surface area contributed by atoms with Gasteiger partial charge in [-0.1, -0.05) is 37.0 Å². The lowest BCUT2D eigenvalue weighted by Crippen LogP contribution is -2.67. The number of carbonyl (C=O) groups is 2. The van der Waals surface area contributed by atoms with Crippen LogP contribution in [0.1, 0.15) is 26.7 Å². The third kappa shape index (κ3) is 2.54. The van der Waals surface area contributed by atoms with Crippen molar-refractivity contribution in [2.24, 2.45) is 10.4 Å². The smallest absolute Gasteiger partial charge is 0.246 e. The lowest BCUT2D eigenvalue weighted by molar-refractivity contribution is -0.151. The van der Waals surface area contributed by atoms with Gasteiger partial charge in [0.2, 0.25) is 17.8 Å². The second-order valence-electron chi connectivity index (χ2n) is 5.88. The van der Waals surface area contributed by atoms with Crippen LogP contribution >= 0.6 is 23.2 Å². The van der Waals surface area contributed by atoms with Crippen molar-refractivity contribution in [1.82, 2.24) is 10.2 Å². The Bertz CT molecular complexity index is 731. The number of hydrogen-bond acceptors (Lipinski definition) is 4. The average Bonchev–Trinajstić information content (AvgIpc) is 2.56. The average molecular weight is 369 g/mol. The normalized spacial score (nSPS) is 19.8. The maximum Gasteiger partial charge on any atom is 0.246 e. The summed E-state index contributed by atoms with van der Waals surface area (Å²) in [4.78, 5) is 33.1. The summed E-state index contributed by atoms with van der Waals surface area (Å²) in [6.07, 6.45) is 0.888. The highest BCUT2D eigenvalue weighted by atomic mass is 35.5. The number of amides is 2. The van der Waals surface area contributed by atoms with Crippen molar-refractivity contribution in [3.05, 3.63) is 28.2 Å². The molecule has 1 saturated heterocycles. The van der Waals surface area contributed by atoms with Crippen LogP contribution < -0.4 is 10.2 Å². The number of guanidine groups is 1. The Hall–Kier alpha value is -1.79. The molecule has 1 fully saturated rings. The molecule has 8 heteroatoms. The number of rotatable bonds is 3. The molecule has 0 saturated carbocycles. The van der Waals surface area contributed by atoms with Crippen molar-refractivity contribution in [3.63, 3.8) is 0 Å². The fourth-order valence-corrected chi connectivity index (χ4v) is 3.66. The highest BCUT2D eigenvalue weighted by Crippen LogP contribution is 2.35. The van der Waals surface area contributed by atoms with Gasteiger partial charge in [0.05, 0.1) is 10.7 Å². The molecule has 3 rings (SSSR count). The van der Waals surface area contributed by atoms with Crippen molar-refractivity contribution in [2.45, 2.75) is 26.7 Å². The van der Waals surface area contributed by atoms with Crippen LogP contribution in [0.4, 0.5) is 5.69 Å². The Balaban J connectivity index is 1.93. The summed E-state index contributed by atoms with van der Waals surface area (Å²) in [5, 5.41) is 3.81. The van der Waals surface area contributed by atoms with E-state index in [0.717, 1.165) is 5.69 Å². The van der Waals surface area contributed by atoms with Crippen LogP contribution in [-0.4, -0.2) is 36.0 Å². The van der Waals surface area contributed by atoms with Crippen LogP contribution in [-0.2, 0) is 9.59 Å². The third-order valence-corrected chi connectivity index (χ3v) is 5.27. The maximum atomic E-state index is 13.0. The third-order valence-electron chi connectivity index (χ3n) is 4.73. The molecule has 0 spiro atoms. The molecular weight excluding hydrogens is 351 g/mol. The Morgan fingerprint density at radius 3 is 2.58 bits per heavy atom. The van der Waals surface area contributed by atoms with Gasteiger partial charge in [0.1, 0.15) is 18.8 Å². The highest BCUT2D eigenvalue weighted by molar-refractivity contribution is 6.36. The van der Waals surface area contributed by atoms with Gasteiger partial charge in [-0.15, -0.1) is 0 Å². The lowest BCUT2D eigenvalue weighted by atomic mass is 9.78. The number of halogens is 2. The second-order valence-corrected chi connectivity index (χ2v) is 6.72. The number of carbonyl (C=O) groups excluding carboxylic acids is 2. The topological polar surface area (TPSA) is 65.0 Å². The first kappa shape index (κ1) is 17.0. The summed E-state index contributed by atoms with van der Waals surface area (Å²) >= 11 is 12.2. The van der Waals surface area contributed by atoms with E-state index in [1.165, 1.54) is 4.90 Å². The van der Waals surface area contributed by atoms with Crippen LogP contribution in [0.2, 0.25) is 10.0 Å². The molecule has 2 aliphatic rings. The van der Waals surface area contributed by atoms with E-state index in [9.17, 15) is 9.59 Å². The van der Waals surface area contributed by atoms with E-state index in [1.807, 2.05) is 18.7 Å². The Morgan fingerprint density at radius 1 is 1.25 bits per heavy atom. The summed E-state index contributed by atoms with van der Waals surface area (Å²) < 4.78 is 0. The molecule has 2 aliphatic heterocycles. The SMILES string of the molecule is CCC1(CC)C(=O)NC2=NCN(c3ccc(Cl)cc3Cl)CN2C1=O. The second kappa shape index (κ2) is 6.26. The summed E-state index contributed by atoms with van der Waals surface area (Å²) in [5.74, 6) is -0.181. The molecule has 0 aromatic heterocycles. The minimum atomic E-state index is -1.04. The fraction of sp³-hybridized carbons (Fsp3) is 0.438. The molecule has 1 aromatic rings. The number of hydrogen-bond donors (Lipinski definition) is 1. The molecular formula is C16H18Cl2N4O2. The van der Waals surface area contributed by atoms with Gasteiger partial charge in [0.25, 0.3) is 0 Å². The predicted octanol–water partition coefficient (Wildman–Crippen LogP) is 2.85. The minimum Gasteiger partial charge on any atom is -0.332 e. The quantitative estimate of drug-likeness (QED) is 0.834. The number of nitrogens with zero attached hydrogens (tertiary/aromatic N) is 3. The van der Waals surface area contributed by atoms with Crippen LogP contribution in [0.3, 0.4) is 0 Å². The van der Waals surface area contributed by atoms with Gasteiger partial charge < -0.3 is 4.90 Å². The number of fused-ring (bicyclic) bond motifs is 1. The Kier molecular flexibility index (Phi) is 4.44. The van der Waals surface area contributed by atoms with E-state index in [1.54, 1.807) is 18.2 Å². The number of nitrogens with one attached hydrogen (secondary N) is 1. The van der Waals surface area contributed by atoms with E-state index in [2.05, 4.69) is 10.3 Å². The number of anilines is 1. The van der Waals surface area contributed by atoms with Gasteiger partial charge in [-0.3, -0.25) is 19.8 Å². The van der Waals surface area contributed by atoms with Crippen molar-refractivity contribution in [1.29, 1.82) is 0 Å². The van der Waals surface area contributed by atoms with E-state index in [0.29, 0.717) is 35.5 Å². The molecule has 0 radical (unpaired) electrons. The van der Waals surface area contributed by atoms with Gasteiger partial charge in [-0.05, 0) is 31.0 Å². The molecule has 0 unspecified atom stereocenters. The molecule has 2 amide bonds. The molecule has 1 N–H and O–H groups in total. The summed E-state index contributed by atoms with van der Waals surface area (Å²) in [6.45, 7) is 4.27. The van der Waals surface area contributed by atoms with E-state index < -0.39 is 5.41 Å². The van der Waals surface area contributed by atoms with Crippen LogP contribution in [0.15, 0.2) is 23.2 Å². The molecule has 0 atom stereocenters. The minimum absolute atomic E-state index is 0.218. The van der Waals surface area contributed by atoms with Crippen LogP contribution in [0.25, 0.3) is 0 Å². The Labute approximate surface area is 150 Å². The number of aliphatic imine (C=N–C) groups is 1. The van der Waals surface area contributed by atoms with Crippen LogP contribution in [0.5, 0.6) is 0 Å². The molecule has 0 bridgehead atoms. The van der Waals surface area contributed by atoms with Gasteiger partial charge in [-0.2, -0.15) is 0 Å².